The van der Waals surface area contributed by atoms with Gasteiger partial charge in [0.05, 0.1) is 23.4 Å². The second-order valence-electron chi connectivity index (χ2n) is 8.34. The van der Waals surface area contributed by atoms with Gasteiger partial charge in [0.2, 0.25) is 20.0 Å². The standard InChI is InChI=1S/C22H26ClN3O6S2/c1-33(28,29)26-15-21(32-20-11-6-16(23)14-19(20)26)22(27)24-17-7-9-18(10-8-17)34(30,31)25-12-4-2-3-5-13-25/h6-11,14,21H,2-5,12-13,15H2,1H3,(H,24,27)/t21-/m1/s1. The van der Waals surface area contributed by atoms with Crippen LogP contribution in [-0.2, 0) is 24.8 Å². The number of hydrogen-bond acceptors (Lipinski definition) is 6. The maximum Gasteiger partial charge on any atom is 0.267 e. The van der Waals surface area contributed by atoms with Gasteiger partial charge in [-0.05, 0) is 55.3 Å². The van der Waals surface area contributed by atoms with Crippen molar-refractivity contribution in [3.63, 3.8) is 0 Å². The molecule has 0 unspecified atom stereocenters. The smallest absolute Gasteiger partial charge is 0.267 e. The van der Waals surface area contributed by atoms with Crippen LogP contribution >= 0.6 is 11.6 Å². The first-order valence-corrected chi connectivity index (χ1v) is 14.6. The van der Waals surface area contributed by atoms with Crippen molar-refractivity contribution < 1.29 is 26.4 Å². The molecule has 0 saturated carbocycles. The van der Waals surface area contributed by atoms with Gasteiger partial charge >= 0.3 is 0 Å². The van der Waals surface area contributed by atoms with Crippen LogP contribution in [0.5, 0.6) is 5.75 Å². The maximum absolute atomic E-state index is 12.9. The second kappa shape index (κ2) is 9.73. The highest BCUT2D eigenvalue weighted by atomic mass is 35.5. The molecule has 2 aliphatic heterocycles. The van der Waals surface area contributed by atoms with E-state index in [1.165, 1.54) is 40.7 Å². The fourth-order valence-corrected chi connectivity index (χ4v) is 6.63. The number of fused-ring (bicyclic) bond motifs is 1. The maximum atomic E-state index is 12.9. The minimum atomic E-state index is -3.69. The van der Waals surface area contributed by atoms with Gasteiger partial charge in [-0.1, -0.05) is 24.4 Å². The van der Waals surface area contributed by atoms with E-state index in [4.69, 9.17) is 16.3 Å². The number of hydrogen-bond donors (Lipinski definition) is 1. The van der Waals surface area contributed by atoms with Gasteiger partial charge < -0.3 is 10.1 Å². The van der Waals surface area contributed by atoms with Gasteiger partial charge in [-0.25, -0.2) is 16.8 Å². The molecule has 2 aromatic rings. The van der Waals surface area contributed by atoms with Crippen LogP contribution in [0.25, 0.3) is 0 Å². The number of carbonyl (C=O) groups excluding carboxylic acids is 1. The topological polar surface area (TPSA) is 113 Å². The molecular formula is C22H26ClN3O6S2. The van der Waals surface area contributed by atoms with Crippen molar-refractivity contribution >= 4 is 48.9 Å². The molecule has 4 rings (SSSR count). The van der Waals surface area contributed by atoms with Crippen LogP contribution in [0, 0.1) is 0 Å². The van der Waals surface area contributed by atoms with Gasteiger partial charge in [-0.2, -0.15) is 4.31 Å². The summed E-state index contributed by atoms with van der Waals surface area (Å²) >= 11 is 6.00. The first kappa shape index (κ1) is 24.8. The fraction of sp³-hybridized carbons (Fsp3) is 0.409. The van der Waals surface area contributed by atoms with Crippen molar-refractivity contribution in [3.8, 4) is 5.75 Å². The zero-order valence-electron chi connectivity index (χ0n) is 18.6. The van der Waals surface area contributed by atoms with E-state index in [9.17, 15) is 21.6 Å². The molecule has 9 nitrogen and oxygen atoms in total. The van der Waals surface area contributed by atoms with E-state index in [2.05, 4.69) is 5.32 Å². The van der Waals surface area contributed by atoms with E-state index in [1.54, 1.807) is 6.07 Å². The lowest BCUT2D eigenvalue weighted by molar-refractivity contribution is -0.122. The second-order valence-corrected chi connectivity index (χ2v) is 12.6. The Morgan fingerprint density at radius 2 is 1.65 bits per heavy atom. The fourth-order valence-electron chi connectivity index (χ4n) is 4.04. The Bertz CT molecular complexity index is 1270. The number of nitrogens with zero attached hydrogens (tertiary/aromatic N) is 2. The highest BCUT2D eigenvalue weighted by Gasteiger charge is 2.35. The van der Waals surface area contributed by atoms with Crippen molar-refractivity contribution in [1.82, 2.24) is 4.31 Å². The summed E-state index contributed by atoms with van der Waals surface area (Å²) in [6.07, 6.45) is 3.66. The average molecular weight is 528 g/mol. The summed E-state index contributed by atoms with van der Waals surface area (Å²) in [6, 6.07) is 10.5. The monoisotopic (exact) mass is 527 g/mol. The third kappa shape index (κ3) is 5.32. The molecule has 12 heteroatoms. The molecule has 0 bridgehead atoms. The summed E-state index contributed by atoms with van der Waals surface area (Å²) in [4.78, 5) is 13.0. The molecule has 1 N–H and O–H groups in total. The molecule has 184 valence electrons. The van der Waals surface area contributed by atoms with Crippen molar-refractivity contribution in [1.29, 1.82) is 0 Å². The number of carbonyl (C=O) groups is 1. The summed E-state index contributed by atoms with van der Waals surface area (Å²) in [5, 5.41) is 3.02. The van der Waals surface area contributed by atoms with Crippen LogP contribution < -0.4 is 14.4 Å². The SMILES string of the molecule is CS(=O)(=O)N1C[C@H](C(=O)Nc2ccc(S(=O)(=O)N3CCCCCC3)cc2)Oc2ccc(Cl)cc21. The predicted molar refractivity (Wildman–Crippen MR) is 130 cm³/mol. The van der Waals surface area contributed by atoms with Crippen LogP contribution in [-0.4, -0.2) is 59.0 Å². The Labute approximate surface area is 204 Å². The largest absolute Gasteiger partial charge is 0.476 e. The zero-order chi connectivity index (χ0) is 24.5. The molecular weight excluding hydrogens is 502 g/mol. The number of nitrogens with one attached hydrogen (secondary N) is 1. The third-order valence-corrected chi connectivity index (χ3v) is 9.10. The summed E-state index contributed by atoms with van der Waals surface area (Å²) < 4.78 is 58.8. The summed E-state index contributed by atoms with van der Waals surface area (Å²) in [5.74, 6) is -0.336. The van der Waals surface area contributed by atoms with E-state index >= 15 is 0 Å². The van der Waals surface area contributed by atoms with Gasteiger partial charge in [0, 0.05) is 23.8 Å². The zero-order valence-corrected chi connectivity index (χ0v) is 21.0. The van der Waals surface area contributed by atoms with Crippen LogP contribution in [0.15, 0.2) is 47.4 Å². The number of anilines is 2. The number of halogens is 1. The highest BCUT2D eigenvalue weighted by molar-refractivity contribution is 7.92. The molecule has 0 aliphatic carbocycles. The molecule has 1 fully saturated rings. The first-order chi connectivity index (χ1) is 16.1. The van der Waals surface area contributed by atoms with Crippen LogP contribution in [0.4, 0.5) is 11.4 Å². The molecule has 34 heavy (non-hydrogen) atoms. The Balaban J connectivity index is 1.49. The third-order valence-electron chi connectivity index (χ3n) is 5.81. The number of sulfonamides is 2. The normalized spacial score (nSPS) is 19.6. The van der Waals surface area contributed by atoms with Crippen LogP contribution in [0.2, 0.25) is 5.02 Å². The highest BCUT2D eigenvalue weighted by Crippen LogP contribution is 2.37. The molecule has 1 saturated heterocycles. The van der Waals surface area contributed by atoms with Crippen LogP contribution in [0.1, 0.15) is 25.7 Å². The van der Waals surface area contributed by atoms with E-state index in [-0.39, 0.29) is 22.9 Å². The molecule has 0 spiro atoms. The van der Waals surface area contributed by atoms with Gasteiger partial charge in [-0.15, -0.1) is 0 Å². The van der Waals surface area contributed by atoms with E-state index in [1.807, 2.05) is 0 Å². The van der Waals surface area contributed by atoms with Gasteiger partial charge in [0.25, 0.3) is 5.91 Å². The average Bonchev–Trinajstić information content (AvgIpc) is 3.08. The Morgan fingerprint density at radius 3 is 2.26 bits per heavy atom. The summed E-state index contributed by atoms with van der Waals surface area (Å²) in [6.45, 7) is 0.784. The van der Waals surface area contributed by atoms with Crippen molar-refractivity contribution in [2.75, 3.05) is 35.5 Å². The minimum absolute atomic E-state index is 0.162. The van der Waals surface area contributed by atoms with Gasteiger partial charge in [0.1, 0.15) is 5.75 Å². The molecule has 2 aliphatic rings. The molecule has 2 heterocycles. The molecule has 0 radical (unpaired) electrons. The molecule has 0 aromatic heterocycles. The quantitative estimate of drug-likeness (QED) is 0.639. The lowest BCUT2D eigenvalue weighted by atomic mass is 10.2. The van der Waals surface area contributed by atoms with E-state index in [0.717, 1.165) is 36.2 Å². The number of ether oxygens (including phenoxy) is 1. The van der Waals surface area contributed by atoms with E-state index < -0.39 is 32.1 Å². The molecule has 1 amide bonds. The van der Waals surface area contributed by atoms with Gasteiger partial charge in [0.15, 0.2) is 6.10 Å². The Morgan fingerprint density at radius 1 is 1.00 bits per heavy atom. The number of rotatable bonds is 5. The number of benzene rings is 2. The van der Waals surface area contributed by atoms with Crippen LogP contribution in [0.3, 0.4) is 0 Å². The lowest BCUT2D eigenvalue weighted by Crippen LogP contribution is -2.48. The van der Waals surface area contributed by atoms with E-state index in [0.29, 0.717) is 23.8 Å². The summed E-state index contributed by atoms with van der Waals surface area (Å²) in [7, 11) is -7.29. The minimum Gasteiger partial charge on any atom is -0.476 e. The predicted octanol–water partition coefficient (Wildman–Crippen LogP) is 3.07. The summed E-state index contributed by atoms with van der Waals surface area (Å²) in [5.41, 5.74) is 0.637. The van der Waals surface area contributed by atoms with Crippen molar-refractivity contribution in [2.45, 2.75) is 36.7 Å². The Hall–Kier alpha value is -2.34. The van der Waals surface area contributed by atoms with Crippen molar-refractivity contribution in [3.05, 3.63) is 47.5 Å². The lowest BCUT2D eigenvalue weighted by Gasteiger charge is -2.34. The molecule has 1 atom stereocenters. The number of amides is 1. The van der Waals surface area contributed by atoms with Gasteiger partial charge in [-0.3, -0.25) is 9.10 Å². The van der Waals surface area contributed by atoms with Crippen molar-refractivity contribution in [2.24, 2.45) is 0 Å². The molecule has 2 aromatic carbocycles. The first-order valence-electron chi connectivity index (χ1n) is 10.9. The Kier molecular flexibility index (Phi) is 7.09.